The van der Waals surface area contributed by atoms with E-state index < -0.39 is 0 Å². The van der Waals surface area contributed by atoms with Gasteiger partial charge in [0.05, 0.1) is 38.4 Å². The van der Waals surface area contributed by atoms with Gasteiger partial charge in [-0.05, 0) is 46.8 Å². The van der Waals surface area contributed by atoms with E-state index in [0.29, 0.717) is 31.5 Å². The lowest BCUT2D eigenvalue weighted by Gasteiger charge is -2.17. The molecule has 2 aliphatic rings. The number of nitrogens with zero attached hydrogens (tertiary/aromatic N) is 6. The third kappa shape index (κ3) is 3.55. The summed E-state index contributed by atoms with van der Waals surface area (Å²) in [6, 6.07) is 11.6. The number of furan rings is 1. The van der Waals surface area contributed by atoms with Gasteiger partial charge in [0.25, 0.3) is 0 Å². The average Bonchev–Trinajstić information content (AvgIpc) is 3.63. The second kappa shape index (κ2) is 8.19. The lowest BCUT2D eigenvalue weighted by molar-refractivity contribution is 0.0611. The highest BCUT2D eigenvalue weighted by Gasteiger charge is 2.49. The van der Waals surface area contributed by atoms with Crippen LogP contribution in [0.4, 0.5) is 0 Å². The first-order valence-corrected chi connectivity index (χ1v) is 10.4. The molecule has 2 fully saturated rings. The van der Waals surface area contributed by atoms with Crippen LogP contribution in [-0.4, -0.2) is 61.2 Å². The van der Waals surface area contributed by atoms with E-state index in [4.69, 9.17) is 18.6 Å². The normalized spacial score (nSPS) is 24.6. The number of benzene rings is 1. The molecule has 0 saturated carbocycles. The maximum Gasteiger partial charge on any atom is 0.341 e. The molecule has 1 aromatic carbocycles. The van der Waals surface area contributed by atoms with Crippen molar-refractivity contribution in [1.82, 2.24) is 35.1 Å². The van der Waals surface area contributed by atoms with Crippen molar-refractivity contribution in [3.63, 3.8) is 0 Å². The smallest absolute Gasteiger partial charge is 0.341 e. The summed E-state index contributed by atoms with van der Waals surface area (Å²) in [6.45, 7) is 1.60. The van der Waals surface area contributed by atoms with E-state index >= 15 is 0 Å². The van der Waals surface area contributed by atoms with Crippen LogP contribution in [0.1, 0.15) is 11.8 Å². The minimum atomic E-state index is -0.175. The summed E-state index contributed by atoms with van der Waals surface area (Å²) in [6.07, 6.45) is 6.76. The Labute approximate surface area is 182 Å². The molecule has 2 aliphatic heterocycles. The molecular formula is C21H21N7O4. The molecule has 4 unspecified atom stereocenters. The fraction of sp³-hybridized carbons (Fsp3) is 0.333. The summed E-state index contributed by atoms with van der Waals surface area (Å²) < 4.78 is 27.0. The van der Waals surface area contributed by atoms with Gasteiger partial charge in [-0.2, -0.15) is 4.68 Å². The van der Waals surface area contributed by atoms with Crippen LogP contribution in [-0.2, 0) is 16.0 Å². The van der Waals surface area contributed by atoms with E-state index in [-0.39, 0.29) is 24.3 Å². The third-order valence-electron chi connectivity index (χ3n) is 5.77. The van der Waals surface area contributed by atoms with Crippen LogP contribution >= 0.6 is 0 Å². The number of rotatable bonds is 7. The van der Waals surface area contributed by atoms with Crippen molar-refractivity contribution in [3.8, 4) is 17.4 Å². The first-order valence-electron chi connectivity index (χ1n) is 10.4. The molecule has 164 valence electrons. The minimum absolute atomic E-state index is 0.0617. The Morgan fingerprint density at radius 3 is 2.81 bits per heavy atom. The number of hydrogen-bond acceptors (Lipinski definition) is 9. The number of nitrogens with one attached hydrogen (secondary N) is 1. The molecule has 0 aliphatic carbocycles. The second-order valence-electron chi connectivity index (χ2n) is 7.70. The zero-order valence-corrected chi connectivity index (χ0v) is 17.0. The average molecular weight is 435 g/mol. The molecule has 11 heteroatoms. The summed E-state index contributed by atoms with van der Waals surface area (Å²) >= 11 is 0. The van der Waals surface area contributed by atoms with Crippen molar-refractivity contribution in [3.05, 3.63) is 67.1 Å². The highest BCUT2D eigenvalue weighted by Crippen LogP contribution is 2.36. The van der Waals surface area contributed by atoms with Crippen molar-refractivity contribution in [2.45, 2.75) is 30.8 Å². The van der Waals surface area contributed by atoms with E-state index in [1.54, 1.807) is 23.5 Å². The van der Waals surface area contributed by atoms with E-state index in [1.165, 1.54) is 0 Å². The van der Waals surface area contributed by atoms with E-state index in [0.717, 1.165) is 11.4 Å². The molecule has 1 N–H and O–H groups in total. The fourth-order valence-corrected chi connectivity index (χ4v) is 4.17. The summed E-state index contributed by atoms with van der Waals surface area (Å²) in [4.78, 5) is 4.06. The second-order valence-corrected chi connectivity index (χ2v) is 7.70. The Bertz CT molecular complexity index is 1140. The molecule has 11 nitrogen and oxygen atoms in total. The molecule has 0 radical (unpaired) electrons. The standard InChI is InChI=1S/C21H21N7O4/c1-2-16(29-9-1)10-23-17-11-30-20-18(12-31-19(17)20)28-21(24-25-26-28)32-15-5-3-14(4-6-15)27-8-7-22-13-27/h1-9,13,17-20,23H,10-12H2. The monoisotopic (exact) mass is 435 g/mol. The molecule has 32 heavy (non-hydrogen) atoms. The maximum absolute atomic E-state index is 6.06. The first kappa shape index (κ1) is 19.2. The van der Waals surface area contributed by atoms with Gasteiger partial charge >= 0.3 is 6.01 Å². The van der Waals surface area contributed by atoms with Crippen LogP contribution in [0.25, 0.3) is 5.69 Å². The Morgan fingerprint density at radius 2 is 2.00 bits per heavy atom. The predicted octanol–water partition coefficient (Wildman–Crippen LogP) is 1.74. The van der Waals surface area contributed by atoms with Gasteiger partial charge in [0.1, 0.15) is 29.8 Å². The fourth-order valence-electron chi connectivity index (χ4n) is 4.17. The number of hydrogen-bond donors (Lipinski definition) is 1. The SMILES string of the molecule is c1coc(CNC2COC3C2OCC3n2nnnc2Oc2ccc(-n3ccnc3)cc2)c1. The van der Waals surface area contributed by atoms with Crippen LogP contribution in [0, 0.1) is 0 Å². The molecular weight excluding hydrogens is 414 g/mol. The lowest BCUT2D eigenvalue weighted by atomic mass is 10.1. The summed E-state index contributed by atoms with van der Waals surface area (Å²) in [5, 5.41) is 15.5. The molecule has 0 amide bonds. The molecule has 6 rings (SSSR count). The summed E-state index contributed by atoms with van der Waals surface area (Å²) in [7, 11) is 0. The van der Waals surface area contributed by atoms with E-state index in [2.05, 4.69) is 25.8 Å². The molecule has 5 heterocycles. The molecule has 0 spiro atoms. The van der Waals surface area contributed by atoms with Gasteiger partial charge in [-0.1, -0.05) is 5.10 Å². The molecule has 2 saturated heterocycles. The van der Waals surface area contributed by atoms with Crippen LogP contribution in [0.3, 0.4) is 0 Å². The quantitative estimate of drug-likeness (QED) is 0.463. The summed E-state index contributed by atoms with van der Waals surface area (Å²) in [5.41, 5.74) is 0.980. The van der Waals surface area contributed by atoms with Gasteiger partial charge in [-0.15, -0.1) is 0 Å². The van der Waals surface area contributed by atoms with Crippen molar-refractivity contribution < 1.29 is 18.6 Å². The molecule has 4 aromatic rings. The highest BCUT2D eigenvalue weighted by molar-refractivity contribution is 5.38. The zero-order valence-electron chi connectivity index (χ0n) is 17.0. The Morgan fingerprint density at radius 1 is 1.09 bits per heavy atom. The van der Waals surface area contributed by atoms with Gasteiger partial charge in [0.2, 0.25) is 0 Å². The lowest BCUT2D eigenvalue weighted by Crippen LogP contribution is -2.40. The van der Waals surface area contributed by atoms with Crippen LogP contribution < -0.4 is 10.1 Å². The van der Waals surface area contributed by atoms with Crippen LogP contribution in [0.15, 0.2) is 65.8 Å². The number of tetrazole rings is 1. The molecule has 0 bridgehead atoms. The number of ether oxygens (including phenoxy) is 3. The van der Waals surface area contributed by atoms with Crippen molar-refractivity contribution >= 4 is 0 Å². The molecule has 4 atom stereocenters. The number of fused-ring (bicyclic) bond motifs is 1. The van der Waals surface area contributed by atoms with Gasteiger partial charge < -0.3 is 28.5 Å². The highest BCUT2D eigenvalue weighted by atomic mass is 16.6. The summed E-state index contributed by atoms with van der Waals surface area (Å²) in [5.74, 6) is 1.50. The number of aromatic nitrogens is 6. The van der Waals surface area contributed by atoms with E-state index in [1.807, 2.05) is 47.2 Å². The van der Waals surface area contributed by atoms with Crippen LogP contribution in [0.2, 0.25) is 0 Å². The van der Waals surface area contributed by atoms with Crippen molar-refractivity contribution in [2.75, 3.05) is 13.2 Å². The Kier molecular flexibility index (Phi) is 4.90. The van der Waals surface area contributed by atoms with Crippen molar-refractivity contribution in [1.29, 1.82) is 0 Å². The van der Waals surface area contributed by atoms with Crippen molar-refractivity contribution in [2.24, 2.45) is 0 Å². The maximum atomic E-state index is 6.06. The van der Waals surface area contributed by atoms with Gasteiger partial charge in [0.15, 0.2) is 0 Å². The Hall–Kier alpha value is -3.54. The Balaban J connectivity index is 1.13. The topological polar surface area (TPSA) is 114 Å². The van der Waals surface area contributed by atoms with Crippen LogP contribution in [0.5, 0.6) is 11.8 Å². The first-order chi connectivity index (χ1) is 15.8. The third-order valence-corrected chi connectivity index (χ3v) is 5.77. The number of imidazole rings is 1. The van der Waals surface area contributed by atoms with Gasteiger partial charge in [-0.3, -0.25) is 0 Å². The minimum Gasteiger partial charge on any atom is -0.468 e. The van der Waals surface area contributed by atoms with E-state index in [9.17, 15) is 0 Å². The zero-order chi connectivity index (χ0) is 21.3. The predicted molar refractivity (Wildman–Crippen MR) is 109 cm³/mol. The largest absolute Gasteiger partial charge is 0.468 e. The van der Waals surface area contributed by atoms with Gasteiger partial charge in [-0.25, -0.2) is 4.98 Å². The van der Waals surface area contributed by atoms with Gasteiger partial charge in [0, 0.05) is 18.1 Å². The molecule has 3 aromatic heterocycles.